The Morgan fingerprint density at radius 3 is 2.83 bits per heavy atom. The summed E-state index contributed by atoms with van der Waals surface area (Å²) in [6.07, 6.45) is 2.92. The Kier molecular flexibility index (Phi) is 2.26. The highest BCUT2D eigenvalue weighted by Crippen LogP contribution is 2.14. The van der Waals surface area contributed by atoms with Crippen LogP contribution in [0.5, 0.6) is 0 Å². The van der Waals surface area contributed by atoms with E-state index in [4.69, 9.17) is 0 Å². The van der Waals surface area contributed by atoms with E-state index in [0.29, 0.717) is 17.0 Å². The molecule has 3 heterocycles. The van der Waals surface area contributed by atoms with Crippen LogP contribution in [0, 0.1) is 0 Å². The average molecular weight is 244 g/mol. The molecule has 7 heteroatoms. The number of fused-ring (bicyclic) bond motifs is 1. The van der Waals surface area contributed by atoms with Gasteiger partial charge in [0.25, 0.3) is 5.56 Å². The minimum atomic E-state index is -0.145. The van der Waals surface area contributed by atoms with E-state index in [2.05, 4.69) is 25.0 Å². The van der Waals surface area contributed by atoms with Gasteiger partial charge >= 0.3 is 0 Å². The van der Waals surface area contributed by atoms with Crippen LogP contribution in [0.3, 0.4) is 0 Å². The van der Waals surface area contributed by atoms with Crippen molar-refractivity contribution >= 4 is 11.2 Å². The van der Waals surface area contributed by atoms with Gasteiger partial charge in [-0.25, -0.2) is 15.0 Å². The van der Waals surface area contributed by atoms with Crippen LogP contribution in [0.15, 0.2) is 23.5 Å². The molecule has 0 aliphatic heterocycles. The molecule has 0 aromatic carbocycles. The van der Waals surface area contributed by atoms with Crippen molar-refractivity contribution in [1.29, 1.82) is 0 Å². The van der Waals surface area contributed by atoms with E-state index in [9.17, 15) is 4.79 Å². The summed E-state index contributed by atoms with van der Waals surface area (Å²) < 4.78 is 1.40. The highest BCUT2D eigenvalue weighted by molar-refractivity contribution is 5.77. The number of nitrogens with zero attached hydrogens (tertiary/aromatic N) is 4. The van der Waals surface area contributed by atoms with E-state index in [-0.39, 0.29) is 11.5 Å². The lowest BCUT2D eigenvalue weighted by molar-refractivity contribution is 0.749. The SMILES string of the molecule is CC(C)c1cc(=O)n(-c2ncnc3nc[nH]c23)[nH]1. The van der Waals surface area contributed by atoms with Crippen molar-refractivity contribution in [2.45, 2.75) is 19.8 Å². The standard InChI is InChI=1S/C11H12N6O/c1-6(2)7-3-8(18)17(16-7)11-9-10(13-4-12-9)14-5-15-11/h3-6,16H,1-2H3,(H,12,13,14,15). The van der Waals surface area contributed by atoms with Crippen LogP contribution in [0.25, 0.3) is 17.0 Å². The average Bonchev–Trinajstić information content (AvgIpc) is 2.94. The molecule has 0 fully saturated rings. The predicted molar refractivity (Wildman–Crippen MR) is 65.7 cm³/mol. The third-order valence-electron chi connectivity index (χ3n) is 2.78. The number of rotatable bonds is 2. The number of hydrogen-bond donors (Lipinski definition) is 2. The largest absolute Gasteiger partial charge is 0.340 e. The summed E-state index contributed by atoms with van der Waals surface area (Å²) in [4.78, 5) is 27.1. The van der Waals surface area contributed by atoms with Gasteiger partial charge in [0.2, 0.25) is 0 Å². The van der Waals surface area contributed by atoms with Gasteiger partial charge in [-0.2, -0.15) is 4.68 Å². The van der Waals surface area contributed by atoms with Gasteiger partial charge < -0.3 is 4.98 Å². The van der Waals surface area contributed by atoms with Crippen molar-refractivity contribution in [2.75, 3.05) is 0 Å². The molecule has 0 saturated carbocycles. The van der Waals surface area contributed by atoms with E-state index in [1.807, 2.05) is 13.8 Å². The van der Waals surface area contributed by atoms with Crippen molar-refractivity contribution in [3.8, 4) is 5.82 Å². The molecule has 3 rings (SSSR count). The first-order valence-electron chi connectivity index (χ1n) is 5.63. The van der Waals surface area contributed by atoms with Crippen molar-refractivity contribution in [3.63, 3.8) is 0 Å². The van der Waals surface area contributed by atoms with E-state index < -0.39 is 0 Å². The van der Waals surface area contributed by atoms with E-state index in [0.717, 1.165) is 5.69 Å². The fourth-order valence-corrected chi connectivity index (χ4v) is 1.79. The first-order chi connectivity index (χ1) is 8.66. The minimum Gasteiger partial charge on any atom is -0.340 e. The summed E-state index contributed by atoms with van der Waals surface area (Å²) in [7, 11) is 0. The number of aromatic nitrogens is 6. The maximum absolute atomic E-state index is 11.9. The zero-order valence-corrected chi connectivity index (χ0v) is 10.0. The van der Waals surface area contributed by atoms with Crippen LogP contribution in [-0.2, 0) is 0 Å². The van der Waals surface area contributed by atoms with Crippen molar-refractivity contribution in [3.05, 3.63) is 34.8 Å². The van der Waals surface area contributed by atoms with Crippen LogP contribution in [0.1, 0.15) is 25.5 Å². The van der Waals surface area contributed by atoms with Crippen LogP contribution >= 0.6 is 0 Å². The Bertz CT molecular complexity index is 750. The molecule has 2 N–H and O–H groups in total. The molecule has 0 atom stereocenters. The van der Waals surface area contributed by atoms with Crippen molar-refractivity contribution in [2.24, 2.45) is 0 Å². The molecule has 0 aliphatic rings. The lowest BCUT2D eigenvalue weighted by Gasteiger charge is -2.03. The summed E-state index contributed by atoms with van der Waals surface area (Å²) in [6, 6.07) is 1.58. The highest BCUT2D eigenvalue weighted by Gasteiger charge is 2.13. The number of nitrogens with one attached hydrogen (secondary N) is 2. The molecule has 0 bridgehead atoms. The zero-order chi connectivity index (χ0) is 12.7. The second-order valence-corrected chi connectivity index (χ2v) is 4.34. The Morgan fingerprint density at radius 2 is 2.11 bits per heavy atom. The van der Waals surface area contributed by atoms with Crippen LogP contribution in [-0.4, -0.2) is 29.7 Å². The maximum atomic E-state index is 11.9. The number of hydrogen-bond acceptors (Lipinski definition) is 4. The third kappa shape index (κ3) is 1.52. The fraction of sp³-hybridized carbons (Fsp3) is 0.273. The first kappa shape index (κ1) is 10.7. The predicted octanol–water partition coefficient (Wildman–Crippen LogP) is 0.955. The van der Waals surface area contributed by atoms with Crippen molar-refractivity contribution in [1.82, 2.24) is 29.7 Å². The topological polar surface area (TPSA) is 92.2 Å². The molecule has 18 heavy (non-hydrogen) atoms. The lowest BCUT2D eigenvalue weighted by Crippen LogP contribution is -2.15. The normalized spacial score (nSPS) is 11.5. The molecular formula is C11H12N6O. The molecule has 0 spiro atoms. The lowest BCUT2D eigenvalue weighted by atomic mass is 10.1. The van der Waals surface area contributed by atoms with Gasteiger partial charge in [0.15, 0.2) is 11.5 Å². The monoisotopic (exact) mass is 244 g/mol. The molecule has 0 saturated heterocycles. The summed E-state index contributed by atoms with van der Waals surface area (Å²) in [5.74, 6) is 0.729. The second kappa shape index (κ2) is 3.80. The highest BCUT2D eigenvalue weighted by atomic mass is 16.1. The van der Waals surface area contributed by atoms with Gasteiger partial charge in [0.05, 0.1) is 6.33 Å². The molecule has 92 valence electrons. The number of aromatic amines is 2. The zero-order valence-electron chi connectivity index (χ0n) is 10.0. The van der Waals surface area contributed by atoms with Gasteiger partial charge in [-0.3, -0.25) is 9.89 Å². The first-order valence-corrected chi connectivity index (χ1v) is 5.63. The number of imidazole rings is 1. The van der Waals surface area contributed by atoms with Crippen LogP contribution in [0.4, 0.5) is 0 Å². The van der Waals surface area contributed by atoms with Gasteiger partial charge in [0, 0.05) is 11.8 Å². The Balaban J connectivity index is 2.26. The maximum Gasteiger partial charge on any atom is 0.272 e. The Morgan fingerprint density at radius 1 is 1.28 bits per heavy atom. The van der Waals surface area contributed by atoms with Gasteiger partial charge in [-0.05, 0) is 5.92 Å². The number of H-pyrrole nitrogens is 2. The Hall–Kier alpha value is -2.44. The molecule has 0 unspecified atom stereocenters. The van der Waals surface area contributed by atoms with Crippen LogP contribution < -0.4 is 5.56 Å². The molecule has 3 aromatic heterocycles. The van der Waals surface area contributed by atoms with Gasteiger partial charge in [-0.1, -0.05) is 13.8 Å². The molecule has 0 amide bonds. The minimum absolute atomic E-state index is 0.145. The van der Waals surface area contributed by atoms with E-state index in [1.54, 1.807) is 6.07 Å². The molecular weight excluding hydrogens is 232 g/mol. The van der Waals surface area contributed by atoms with E-state index in [1.165, 1.54) is 17.3 Å². The summed E-state index contributed by atoms with van der Waals surface area (Å²) >= 11 is 0. The Labute approximate surface area is 102 Å². The quantitative estimate of drug-likeness (QED) is 0.702. The van der Waals surface area contributed by atoms with Crippen molar-refractivity contribution < 1.29 is 0 Å². The molecule has 0 radical (unpaired) electrons. The van der Waals surface area contributed by atoms with Gasteiger partial charge in [-0.15, -0.1) is 0 Å². The molecule has 0 aliphatic carbocycles. The molecule has 7 nitrogen and oxygen atoms in total. The second-order valence-electron chi connectivity index (χ2n) is 4.34. The van der Waals surface area contributed by atoms with E-state index >= 15 is 0 Å². The summed E-state index contributed by atoms with van der Waals surface area (Å²) in [5, 5.41) is 3.05. The summed E-state index contributed by atoms with van der Waals surface area (Å²) in [6.45, 7) is 4.03. The van der Waals surface area contributed by atoms with Gasteiger partial charge in [0.1, 0.15) is 11.8 Å². The smallest absolute Gasteiger partial charge is 0.272 e. The fourth-order valence-electron chi connectivity index (χ4n) is 1.79. The molecule has 3 aromatic rings. The summed E-state index contributed by atoms with van der Waals surface area (Å²) in [5.41, 5.74) is 1.89. The third-order valence-corrected chi connectivity index (χ3v) is 2.78. The van der Waals surface area contributed by atoms with Crippen LogP contribution in [0.2, 0.25) is 0 Å².